The zero-order chi connectivity index (χ0) is 14.2. The van der Waals surface area contributed by atoms with Crippen molar-refractivity contribution in [3.05, 3.63) is 35.9 Å². The second-order valence-corrected chi connectivity index (χ2v) is 6.51. The summed E-state index contributed by atoms with van der Waals surface area (Å²) in [6.07, 6.45) is 0.787. The number of fused-ring (bicyclic) bond motifs is 2. The monoisotopic (exact) mass is 288 g/mol. The molecule has 2 heterocycles. The average Bonchev–Trinajstić information content (AvgIpc) is 2.98. The van der Waals surface area contributed by atoms with E-state index in [2.05, 4.69) is 0 Å². The van der Waals surface area contributed by atoms with E-state index >= 15 is 0 Å². The highest BCUT2D eigenvalue weighted by Gasteiger charge is 2.61. The maximum Gasteiger partial charge on any atom is 0.313 e. The van der Waals surface area contributed by atoms with Gasteiger partial charge in [0.1, 0.15) is 20.4 Å². The Morgan fingerprint density at radius 3 is 2.90 bits per heavy atom. The lowest BCUT2D eigenvalue weighted by molar-refractivity contribution is -0.155. The fraction of sp³-hybridized carbons (Fsp3) is 0.533. The molecule has 0 N–H and O–H groups in total. The van der Waals surface area contributed by atoms with Crippen molar-refractivity contribution in [1.29, 1.82) is 0 Å². The fourth-order valence-corrected chi connectivity index (χ4v) is 4.75. The summed E-state index contributed by atoms with van der Waals surface area (Å²) in [4.78, 5) is 12.4. The maximum atomic E-state index is 12.4. The molecule has 3 rings (SSSR count). The first-order valence-electron chi connectivity index (χ1n) is 6.92. The molecule has 20 heavy (non-hydrogen) atoms. The first kappa shape index (κ1) is 14.0. The number of thioether (sulfide) groups is 1. The Labute approximate surface area is 124 Å². The zero-order valence-electron chi connectivity index (χ0n) is 11.5. The fourth-order valence-electron chi connectivity index (χ4n) is 3.03. The molecule has 2 aliphatic rings. The van der Waals surface area contributed by atoms with Crippen LogP contribution in [0.15, 0.2) is 30.3 Å². The molecular formula is C15H17BO3S. The third-order valence-corrected chi connectivity index (χ3v) is 5.77. The highest BCUT2D eigenvalue weighted by atomic mass is 32.2. The summed E-state index contributed by atoms with van der Waals surface area (Å²) >= 11 is 1.73. The summed E-state index contributed by atoms with van der Waals surface area (Å²) in [6.45, 7) is 2.35. The van der Waals surface area contributed by atoms with Crippen molar-refractivity contribution in [3.8, 4) is 0 Å². The summed E-state index contributed by atoms with van der Waals surface area (Å²) < 4.78 is 11.3. The lowest BCUT2D eigenvalue weighted by atomic mass is 9.83. The average molecular weight is 288 g/mol. The number of esters is 1. The Kier molecular flexibility index (Phi) is 3.82. The van der Waals surface area contributed by atoms with Gasteiger partial charge in [0, 0.05) is 17.0 Å². The minimum absolute atomic E-state index is 0.0261. The summed E-state index contributed by atoms with van der Waals surface area (Å²) in [5.74, 6) is 0.405. The van der Waals surface area contributed by atoms with E-state index in [-0.39, 0.29) is 23.1 Å². The van der Waals surface area contributed by atoms with Crippen LogP contribution in [0, 0.1) is 5.92 Å². The van der Waals surface area contributed by atoms with E-state index in [1.807, 2.05) is 37.3 Å². The number of hydrogen-bond acceptors (Lipinski definition) is 4. The normalized spacial score (nSPS) is 35.1. The van der Waals surface area contributed by atoms with Crippen LogP contribution in [0.25, 0.3) is 0 Å². The molecule has 2 fully saturated rings. The van der Waals surface area contributed by atoms with Crippen molar-refractivity contribution < 1.29 is 14.3 Å². The molecule has 1 aromatic carbocycles. The van der Waals surface area contributed by atoms with Gasteiger partial charge < -0.3 is 9.47 Å². The van der Waals surface area contributed by atoms with Gasteiger partial charge in [-0.15, -0.1) is 0 Å². The van der Waals surface area contributed by atoms with Crippen molar-refractivity contribution in [1.82, 2.24) is 0 Å². The SMILES string of the molecule is [B][C@@H]1O[C@@]2(CC)CS[C@H]1C2C(=O)OCc1ccccc1. The summed E-state index contributed by atoms with van der Waals surface area (Å²) in [7, 11) is 5.97. The molecule has 5 heteroatoms. The third kappa shape index (κ3) is 2.27. The molecule has 2 saturated heterocycles. The van der Waals surface area contributed by atoms with E-state index in [4.69, 9.17) is 17.3 Å². The van der Waals surface area contributed by atoms with Gasteiger partial charge in [0.2, 0.25) is 0 Å². The second-order valence-electron chi connectivity index (χ2n) is 5.35. The maximum absolute atomic E-state index is 12.4. The molecule has 104 valence electrons. The third-order valence-electron chi connectivity index (χ3n) is 4.19. The predicted octanol–water partition coefficient (Wildman–Crippen LogP) is 2.13. The van der Waals surface area contributed by atoms with Crippen molar-refractivity contribution in [2.45, 2.75) is 36.8 Å². The van der Waals surface area contributed by atoms with E-state index < -0.39 is 5.60 Å². The molecule has 3 nitrogen and oxygen atoms in total. The van der Waals surface area contributed by atoms with E-state index in [0.29, 0.717) is 6.61 Å². The highest BCUT2D eigenvalue weighted by molar-refractivity contribution is 8.00. The van der Waals surface area contributed by atoms with Gasteiger partial charge in [-0.1, -0.05) is 37.3 Å². The molecule has 1 aromatic rings. The first-order chi connectivity index (χ1) is 9.66. The number of carbonyl (C=O) groups excluding carboxylic acids is 1. The molecule has 4 atom stereocenters. The van der Waals surface area contributed by atoms with E-state index in [1.165, 1.54) is 0 Å². The molecular weight excluding hydrogens is 271 g/mol. The molecule has 0 aliphatic carbocycles. The van der Waals surface area contributed by atoms with Crippen molar-refractivity contribution in [2.24, 2.45) is 5.92 Å². The quantitative estimate of drug-likeness (QED) is 0.628. The molecule has 0 spiro atoms. The van der Waals surface area contributed by atoms with Gasteiger partial charge in [-0.05, 0) is 12.0 Å². The standard InChI is InChI=1S/C15H17BO3S/c1-2-15-9-20-12(13(16)19-15)11(15)14(17)18-8-10-6-4-3-5-7-10/h3-7,11-13H,2,8-9H2,1H3/t11?,12-,13+,15-/m0/s1. The van der Waals surface area contributed by atoms with Gasteiger partial charge in [-0.3, -0.25) is 4.79 Å². The molecule has 0 aromatic heterocycles. The van der Waals surface area contributed by atoms with Crippen LogP contribution < -0.4 is 0 Å². The van der Waals surface area contributed by atoms with Crippen molar-refractivity contribution in [3.63, 3.8) is 0 Å². The number of ether oxygens (including phenoxy) is 2. The van der Waals surface area contributed by atoms with Crippen LogP contribution in [0.5, 0.6) is 0 Å². The molecule has 0 amide bonds. The van der Waals surface area contributed by atoms with Crippen molar-refractivity contribution in [2.75, 3.05) is 5.75 Å². The van der Waals surface area contributed by atoms with Gasteiger partial charge in [-0.2, -0.15) is 11.8 Å². The lowest BCUT2D eigenvalue weighted by Crippen LogP contribution is -2.40. The van der Waals surface area contributed by atoms with Crippen LogP contribution in [-0.2, 0) is 20.9 Å². The Morgan fingerprint density at radius 1 is 1.50 bits per heavy atom. The van der Waals surface area contributed by atoms with Gasteiger partial charge in [-0.25, -0.2) is 0 Å². The zero-order valence-corrected chi connectivity index (χ0v) is 12.3. The predicted molar refractivity (Wildman–Crippen MR) is 79.6 cm³/mol. The summed E-state index contributed by atoms with van der Waals surface area (Å²) in [5, 5.41) is 0.0261. The molecule has 2 bridgehead atoms. The number of hydrogen-bond donors (Lipinski definition) is 0. The van der Waals surface area contributed by atoms with Crippen LogP contribution in [0.3, 0.4) is 0 Å². The van der Waals surface area contributed by atoms with Gasteiger partial charge >= 0.3 is 5.97 Å². The number of carbonyl (C=O) groups is 1. The van der Waals surface area contributed by atoms with Crippen LogP contribution in [0.1, 0.15) is 18.9 Å². The van der Waals surface area contributed by atoms with Crippen molar-refractivity contribution >= 4 is 25.6 Å². The van der Waals surface area contributed by atoms with Crippen LogP contribution in [0.2, 0.25) is 0 Å². The number of rotatable bonds is 4. The second kappa shape index (κ2) is 5.45. The van der Waals surface area contributed by atoms with E-state index in [1.54, 1.807) is 11.8 Å². The minimum atomic E-state index is -0.428. The minimum Gasteiger partial charge on any atom is -0.460 e. The highest BCUT2D eigenvalue weighted by Crippen LogP contribution is 2.53. The smallest absolute Gasteiger partial charge is 0.313 e. The molecule has 1 unspecified atom stereocenters. The largest absolute Gasteiger partial charge is 0.460 e. The van der Waals surface area contributed by atoms with Gasteiger partial charge in [0.05, 0.1) is 5.60 Å². The summed E-state index contributed by atoms with van der Waals surface area (Å²) in [5.41, 5.74) is 0.567. The lowest BCUT2D eigenvalue weighted by Gasteiger charge is -2.29. The van der Waals surface area contributed by atoms with Gasteiger partial charge in [0.15, 0.2) is 0 Å². The molecule has 2 radical (unpaired) electrons. The first-order valence-corrected chi connectivity index (χ1v) is 7.97. The molecule has 0 saturated carbocycles. The Bertz CT molecular complexity index is 495. The van der Waals surface area contributed by atoms with Crippen LogP contribution in [-0.4, -0.2) is 36.4 Å². The van der Waals surface area contributed by atoms with E-state index in [9.17, 15) is 4.79 Å². The number of benzene rings is 1. The Hall–Kier alpha value is -0.935. The van der Waals surface area contributed by atoms with Crippen LogP contribution >= 0.6 is 11.8 Å². The molecule has 2 aliphatic heterocycles. The topological polar surface area (TPSA) is 35.5 Å². The summed E-state index contributed by atoms with van der Waals surface area (Å²) in [6, 6.07) is 9.35. The van der Waals surface area contributed by atoms with Gasteiger partial charge in [0.25, 0.3) is 0 Å². The van der Waals surface area contributed by atoms with Crippen LogP contribution in [0.4, 0.5) is 0 Å². The Morgan fingerprint density at radius 2 is 2.25 bits per heavy atom. The Balaban J connectivity index is 1.68. The van der Waals surface area contributed by atoms with E-state index in [0.717, 1.165) is 17.7 Å².